The third-order valence-corrected chi connectivity index (χ3v) is 5.84. The minimum atomic E-state index is -1.40. The van der Waals surface area contributed by atoms with E-state index in [0.717, 1.165) is 51.4 Å². The third-order valence-electron chi connectivity index (χ3n) is 5.84. The van der Waals surface area contributed by atoms with Gasteiger partial charge in [-0.25, -0.2) is 0 Å². The Morgan fingerprint density at radius 2 is 0.750 bits per heavy atom. The number of hydrogen-bond acceptors (Lipinski definition) is 10. The highest BCUT2D eigenvalue weighted by Crippen LogP contribution is 2.20. The fraction of sp³-hybridized carbons (Fsp3) is 0.933. The number of carbonyl (C=O) groups excluding carboxylic acids is 2. The molecule has 40 heavy (non-hydrogen) atoms. The Hall–Kier alpha value is -1.30. The zero-order valence-electron chi connectivity index (χ0n) is 26.2. The van der Waals surface area contributed by atoms with Crippen LogP contribution in [0.1, 0.15) is 119 Å². The Morgan fingerprint density at radius 1 is 0.450 bits per heavy atom. The van der Waals surface area contributed by atoms with Crippen molar-refractivity contribution in [3.63, 3.8) is 0 Å². The molecule has 0 aromatic heterocycles. The zero-order chi connectivity index (χ0) is 30.0. The summed E-state index contributed by atoms with van der Waals surface area (Å²) in [7, 11) is 0. The van der Waals surface area contributed by atoms with Crippen LogP contribution in [0.3, 0.4) is 0 Å². The van der Waals surface area contributed by atoms with E-state index in [1.54, 1.807) is 0 Å². The van der Waals surface area contributed by atoms with Crippen molar-refractivity contribution in [2.45, 2.75) is 131 Å². The quantitative estimate of drug-likeness (QED) is 0.0571. The van der Waals surface area contributed by atoms with Crippen molar-refractivity contribution in [2.75, 3.05) is 52.9 Å². The van der Waals surface area contributed by atoms with Crippen LogP contribution in [-0.2, 0) is 47.5 Å². The van der Waals surface area contributed by atoms with E-state index in [1.807, 2.05) is 13.8 Å². The van der Waals surface area contributed by atoms with Crippen molar-refractivity contribution < 1.29 is 47.5 Å². The summed E-state index contributed by atoms with van der Waals surface area (Å²) in [5, 5.41) is 0. The number of esters is 2. The second kappa shape index (κ2) is 25.4. The van der Waals surface area contributed by atoms with E-state index < -0.39 is 23.9 Å². The molecule has 0 unspecified atom stereocenters. The van der Waals surface area contributed by atoms with Gasteiger partial charge >= 0.3 is 23.9 Å². The number of hydrogen-bond donors (Lipinski definition) is 0. The smallest absolute Gasteiger partial charge is 0.319 e. The summed E-state index contributed by atoms with van der Waals surface area (Å²) in [5.74, 6) is -3.60. The molecule has 0 aliphatic rings. The Bertz CT molecular complexity index is 541. The lowest BCUT2D eigenvalue weighted by Crippen LogP contribution is -2.45. The summed E-state index contributed by atoms with van der Waals surface area (Å²) in [6.07, 6.45) is 8.48. The van der Waals surface area contributed by atoms with Crippen LogP contribution in [0.15, 0.2) is 0 Å². The molecule has 0 spiro atoms. The number of unbranched alkanes of at least 4 members (excludes halogenated alkanes) is 5. The van der Waals surface area contributed by atoms with Gasteiger partial charge < -0.3 is 37.9 Å². The van der Waals surface area contributed by atoms with Crippen LogP contribution >= 0.6 is 0 Å². The van der Waals surface area contributed by atoms with E-state index in [9.17, 15) is 9.59 Å². The predicted octanol–water partition coefficient (Wildman–Crippen LogP) is 6.28. The largest absolute Gasteiger partial charge is 0.457 e. The molecule has 0 fully saturated rings. The topological polar surface area (TPSA) is 108 Å². The molecule has 0 amide bonds. The minimum Gasteiger partial charge on any atom is -0.457 e. The maximum atomic E-state index is 12.4. The van der Waals surface area contributed by atoms with Crippen LogP contribution in [-0.4, -0.2) is 76.7 Å². The zero-order valence-corrected chi connectivity index (χ0v) is 26.2. The minimum absolute atomic E-state index is 0.148. The second-order valence-corrected chi connectivity index (χ2v) is 9.57. The first-order chi connectivity index (χ1) is 19.4. The van der Waals surface area contributed by atoms with Gasteiger partial charge in [-0.15, -0.1) is 0 Å². The van der Waals surface area contributed by atoms with Crippen LogP contribution in [0.5, 0.6) is 0 Å². The molecule has 0 saturated heterocycles. The van der Waals surface area contributed by atoms with Gasteiger partial charge in [0, 0.05) is 26.1 Å². The fourth-order valence-electron chi connectivity index (χ4n) is 3.45. The molecular formula is C30H58O10. The van der Waals surface area contributed by atoms with Gasteiger partial charge in [0.1, 0.15) is 0 Å². The normalized spacial score (nSPS) is 12.1. The van der Waals surface area contributed by atoms with Gasteiger partial charge in [-0.2, -0.15) is 0 Å². The average molecular weight is 579 g/mol. The molecule has 0 radical (unpaired) electrons. The van der Waals surface area contributed by atoms with Crippen molar-refractivity contribution in [1.29, 1.82) is 0 Å². The van der Waals surface area contributed by atoms with Gasteiger partial charge in [0.15, 0.2) is 13.2 Å². The highest BCUT2D eigenvalue weighted by molar-refractivity contribution is 5.70. The molecule has 0 aliphatic heterocycles. The van der Waals surface area contributed by atoms with Crippen molar-refractivity contribution in [3.8, 4) is 0 Å². The molecule has 0 rings (SSSR count). The predicted molar refractivity (Wildman–Crippen MR) is 153 cm³/mol. The maximum Gasteiger partial charge on any atom is 0.319 e. The summed E-state index contributed by atoms with van der Waals surface area (Å²) < 4.78 is 46.0. The number of rotatable bonds is 29. The highest BCUT2D eigenvalue weighted by atomic mass is 16.9. The van der Waals surface area contributed by atoms with Gasteiger partial charge in [-0.3, -0.25) is 9.59 Å². The van der Waals surface area contributed by atoms with Crippen molar-refractivity contribution >= 4 is 11.9 Å². The Balaban J connectivity index is 4.69. The van der Waals surface area contributed by atoms with Crippen LogP contribution < -0.4 is 0 Å². The Labute approximate surface area is 243 Å². The van der Waals surface area contributed by atoms with Gasteiger partial charge in [0.05, 0.1) is 26.4 Å². The van der Waals surface area contributed by atoms with Crippen molar-refractivity contribution in [3.05, 3.63) is 0 Å². The van der Waals surface area contributed by atoms with Gasteiger partial charge in [0.2, 0.25) is 0 Å². The number of ether oxygens (including phenoxy) is 8. The van der Waals surface area contributed by atoms with Crippen molar-refractivity contribution in [2.24, 2.45) is 0 Å². The first-order valence-electron chi connectivity index (χ1n) is 15.5. The van der Waals surface area contributed by atoms with E-state index in [-0.39, 0.29) is 26.1 Å². The molecule has 0 heterocycles. The third kappa shape index (κ3) is 18.9. The first kappa shape index (κ1) is 38.7. The Kier molecular flexibility index (Phi) is 24.6. The van der Waals surface area contributed by atoms with Crippen LogP contribution in [0, 0.1) is 0 Å². The molecule has 10 nitrogen and oxygen atoms in total. The second-order valence-electron chi connectivity index (χ2n) is 9.57. The summed E-state index contributed by atoms with van der Waals surface area (Å²) in [4.78, 5) is 24.8. The molecule has 0 aromatic rings. The van der Waals surface area contributed by atoms with E-state index in [4.69, 9.17) is 37.9 Å². The summed E-state index contributed by atoms with van der Waals surface area (Å²) in [5.41, 5.74) is 0. The molecule has 0 atom stereocenters. The first-order valence-corrected chi connectivity index (χ1v) is 15.5. The molecule has 10 heteroatoms. The SMILES string of the molecule is CCCCOC(COC(=O)CCCCC(=O)OCC(OCC)(OCCCC)OCCCC)(OCC)OCCCC. The van der Waals surface area contributed by atoms with Gasteiger partial charge in [-0.05, 0) is 52.4 Å². The van der Waals surface area contributed by atoms with Gasteiger partial charge in [-0.1, -0.05) is 53.4 Å². The fourth-order valence-corrected chi connectivity index (χ4v) is 3.45. The van der Waals surface area contributed by atoms with Crippen LogP contribution in [0.4, 0.5) is 0 Å². The molecular weight excluding hydrogens is 520 g/mol. The molecule has 0 N–H and O–H groups in total. The van der Waals surface area contributed by atoms with Crippen LogP contribution in [0.25, 0.3) is 0 Å². The van der Waals surface area contributed by atoms with E-state index >= 15 is 0 Å². The summed E-state index contributed by atoms with van der Waals surface area (Å²) in [6.45, 7) is 14.1. The Morgan fingerprint density at radius 3 is 1.00 bits per heavy atom. The van der Waals surface area contributed by atoms with E-state index in [1.165, 1.54) is 0 Å². The average Bonchev–Trinajstić information content (AvgIpc) is 2.94. The van der Waals surface area contributed by atoms with E-state index in [2.05, 4.69) is 27.7 Å². The molecule has 238 valence electrons. The van der Waals surface area contributed by atoms with Crippen LogP contribution in [0.2, 0.25) is 0 Å². The monoisotopic (exact) mass is 578 g/mol. The lowest BCUT2D eigenvalue weighted by Gasteiger charge is -2.32. The molecule has 0 bridgehead atoms. The summed E-state index contributed by atoms with van der Waals surface area (Å²) in [6, 6.07) is 0. The lowest BCUT2D eigenvalue weighted by atomic mass is 10.2. The highest BCUT2D eigenvalue weighted by Gasteiger charge is 2.36. The lowest BCUT2D eigenvalue weighted by molar-refractivity contribution is -0.391. The molecule has 0 saturated carbocycles. The standard InChI is InChI=1S/C30H58O10/c1-7-13-21-37-29(35-11-5,38-22-14-8-2)25-33-27(31)19-17-18-20-28(32)34-26-30(36-12-6,39-23-15-9-3)40-24-16-10-4/h7-26H2,1-6H3. The number of carbonyl (C=O) groups is 2. The maximum absolute atomic E-state index is 12.4. The van der Waals surface area contributed by atoms with E-state index in [0.29, 0.717) is 52.5 Å². The van der Waals surface area contributed by atoms with Crippen molar-refractivity contribution in [1.82, 2.24) is 0 Å². The molecule has 0 aromatic carbocycles. The van der Waals surface area contributed by atoms with Gasteiger partial charge in [0.25, 0.3) is 0 Å². The molecule has 0 aliphatic carbocycles. The summed E-state index contributed by atoms with van der Waals surface area (Å²) >= 11 is 0.